The van der Waals surface area contributed by atoms with Crippen molar-refractivity contribution in [3.63, 3.8) is 0 Å². The molecule has 0 heterocycles. The maximum absolute atomic E-state index is 13.1. The summed E-state index contributed by atoms with van der Waals surface area (Å²) in [5.41, 5.74) is 5.70. The van der Waals surface area contributed by atoms with Crippen LogP contribution in [0.3, 0.4) is 0 Å². The summed E-state index contributed by atoms with van der Waals surface area (Å²) in [4.78, 5) is 0.272. The summed E-state index contributed by atoms with van der Waals surface area (Å²) in [6.45, 7) is 7.47. The van der Waals surface area contributed by atoms with Gasteiger partial charge in [0, 0.05) is 15.7 Å². The second-order valence-corrected chi connectivity index (χ2v) is 7.59. The minimum absolute atomic E-state index is 0.151. The zero-order chi connectivity index (χ0) is 14.8. The molecule has 0 radical (unpaired) electrons. The standard InChI is InChI=1S/C14H20F3NS/c1-9(18)7-10-5-6-12(19-13(2,3)4)11(8-10)14(15,16)17/h5-6,8-9H,7,18H2,1-4H3. The van der Waals surface area contributed by atoms with Gasteiger partial charge in [-0.25, -0.2) is 0 Å². The second kappa shape index (κ2) is 5.75. The Labute approximate surface area is 116 Å². The number of alkyl halides is 3. The van der Waals surface area contributed by atoms with Crippen molar-refractivity contribution < 1.29 is 13.2 Å². The van der Waals surface area contributed by atoms with Gasteiger partial charge >= 0.3 is 6.18 Å². The van der Waals surface area contributed by atoms with E-state index in [0.717, 1.165) is 0 Å². The third-order valence-corrected chi connectivity index (χ3v) is 3.51. The highest BCUT2D eigenvalue weighted by Crippen LogP contribution is 2.41. The molecule has 0 bridgehead atoms. The molecule has 1 atom stereocenters. The molecule has 0 saturated heterocycles. The van der Waals surface area contributed by atoms with Gasteiger partial charge < -0.3 is 5.73 Å². The van der Waals surface area contributed by atoms with Crippen LogP contribution in [0.25, 0.3) is 0 Å². The lowest BCUT2D eigenvalue weighted by atomic mass is 10.0. The maximum Gasteiger partial charge on any atom is 0.417 e. The summed E-state index contributed by atoms with van der Waals surface area (Å²) in [6.07, 6.45) is -3.88. The average molecular weight is 291 g/mol. The molecule has 0 aliphatic rings. The van der Waals surface area contributed by atoms with Gasteiger partial charge in [-0.2, -0.15) is 13.2 Å². The molecule has 1 rings (SSSR count). The van der Waals surface area contributed by atoms with E-state index in [1.165, 1.54) is 17.8 Å². The van der Waals surface area contributed by atoms with Crippen molar-refractivity contribution in [1.29, 1.82) is 0 Å². The SMILES string of the molecule is CC(N)Cc1ccc(SC(C)(C)C)c(C(F)(F)F)c1. The van der Waals surface area contributed by atoms with Crippen LogP contribution in [0.15, 0.2) is 23.1 Å². The first-order valence-electron chi connectivity index (χ1n) is 6.14. The molecule has 0 aliphatic heterocycles. The second-order valence-electron chi connectivity index (χ2n) is 5.72. The molecule has 0 aliphatic carbocycles. The molecule has 0 saturated carbocycles. The lowest BCUT2D eigenvalue weighted by molar-refractivity contribution is -0.139. The molecule has 1 aromatic carbocycles. The Morgan fingerprint density at radius 2 is 1.79 bits per heavy atom. The van der Waals surface area contributed by atoms with Crippen LogP contribution >= 0.6 is 11.8 Å². The van der Waals surface area contributed by atoms with E-state index in [9.17, 15) is 13.2 Å². The molecule has 108 valence electrons. The van der Waals surface area contributed by atoms with Gasteiger partial charge in [-0.1, -0.05) is 26.8 Å². The van der Waals surface area contributed by atoms with Crippen LogP contribution in [0.2, 0.25) is 0 Å². The van der Waals surface area contributed by atoms with Crippen LogP contribution in [-0.2, 0) is 12.6 Å². The third-order valence-electron chi connectivity index (χ3n) is 2.32. The monoisotopic (exact) mass is 291 g/mol. The highest BCUT2D eigenvalue weighted by Gasteiger charge is 2.34. The Kier molecular flexibility index (Phi) is 4.96. The van der Waals surface area contributed by atoms with E-state index >= 15 is 0 Å². The molecule has 19 heavy (non-hydrogen) atoms. The fourth-order valence-corrected chi connectivity index (χ4v) is 2.80. The van der Waals surface area contributed by atoms with E-state index in [1.54, 1.807) is 19.1 Å². The first kappa shape index (κ1) is 16.4. The molecule has 1 unspecified atom stereocenters. The Bertz CT molecular complexity index is 433. The number of hydrogen-bond acceptors (Lipinski definition) is 2. The van der Waals surface area contributed by atoms with Crippen molar-refractivity contribution in [1.82, 2.24) is 0 Å². The molecule has 2 N–H and O–H groups in total. The Balaban J connectivity index is 3.18. The van der Waals surface area contributed by atoms with E-state index in [1.807, 2.05) is 20.8 Å². The quantitative estimate of drug-likeness (QED) is 0.831. The fraction of sp³-hybridized carbons (Fsp3) is 0.571. The number of halogens is 3. The summed E-state index contributed by atoms with van der Waals surface area (Å²) >= 11 is 1.23. The molecule has 0 fully saturated rings. The van der Waals surface area contributed by atoms with E-state index < -0.39 is 11.7 Å². The van der Waals surface area contributed by atoms with Crippen molar-refractivity contribution >= 4 is 11.8 Å². The van der Waals surface area contributed by atoms with E-state index in [-0.39, 0.29) is 15.7 Å². The predicted octanol–water partition coefficient (Wildman–Crippen LogP) is 4.49. The van der Waals surface area contributed by atoms with Gasteiger partial charge in [0.1, 0.15) is 0 Å². The molecule has 0 spiro atoms. The lowest BCUT2D eigenvalue weighted by Crippen LogP contribution is -2.18. The molecule has 1 aromatic rings. The van der Waals surface area contributed by atoms with Gasteiger partial charge in [-0.05, 0) is 31.0 Å². The van der Waals surface area contributed by atoms with Gasteiger partial charge in [0.25, 0.3) is 0 Å². The number of thioether (sulfide) groups is 1. The highest BCUT2D eigenvalue weighted by atomic mass is 32.2. The van der Waals surface area contributed by atoms with Crippen LogP contribution in [0, 0.1) is 0 Å². The summed E-state index contributed by atoms with van der Waals surface area (Å²) in [5.74, 6) is 0. The molecule has 5 heteroatoms. The Morgan fingerprint density at radius 1 is 1.21 bits per heavy atom. The summed E-state index contributed by atoms with van der Waals surface area (Å²) in [7, 11) is 0. The zero-order valence-electron chi connectivity index (χ0n) is 11.6. The zero-order valence-corrected chi connectivity index (χ0v) is 12.5. The van der Waals surface area contributed by atoms with Gasteiger partial charge in [0.15, 0.2) is 0 Å². The lowest BCUT2D eigenvalue weighted by Gasteiger charge is -2.21. The first-order valence-corrected chi connectivity index (χ1v) is 6.95. The van der Waals surface area contributed by atoms with Crippen LogP contribution < -0.4 is 5.73 Å². The largest absolute Gasteiger partial charge is 0.417 e. The van der Waals surface area contributed by atoms with Crippen LogP contribution in [0.4, 0.5) is 13.2 Å². The third kappa shape index (κ3) is 5.45. The fourth-order valence-electron chi connectivity index (χ4n) is 1.72. The number of rotatable bonds is 3. The molecule has 0 aromatic heterocycles. The Hall–Kier alpha value is -0.680. The summed E-state index contributed by atoms with van der Waals surface area (Å²) in [6, 6.07) is 4.35. The minimum atomic E-state index is -4.33. The van der Waals surface area contributed by atoms with Crippen molar-refractivity contribution in [2.45, 2.75) is 56.0 Å². The number of nitrogens with two attached hydrogens (primary N) is 1. The van der Waals surface area contributed by atoms with Gasteiger partial charge in [0.2, 0.25) is 0 Å². The van der Waals surface area contributed by atoms with E-state index in [2.05, 4.69) is 0 Å². The molecular formula is C14H20F3NS. The van der Waals surface area contributed by atoms with Crippen molar-refractivity contribution in [2.24, 2.45) is 5.73 Å². The topological polar surface area (TPSA) is 26.0 Å². The maximum atomic E-state index is 13.1. The van der Waals surface area contributed by atoms with Gasteiger partial charge in [-0.3, -0.25) is 0 Å². The number of benzene rings is 1. The van der Waals surface area contributed by atoms with Gasteiger partial charge in [0.05, 0.1) is 5.56 Å². The average Bonchev–Trinajstić information content (AvgIpc) is 2.15. The van der Waals surface area contributed by atoms with Crippen molar-refractivity contribution in [3.8, 4) is 0 Å². The van der Waals surface area contributed by atoms with Crippen LogP contribution in [-0.4, -0.2) is 10.8 Å². The highest BCUT2D eigenvalue weighted by molar-refractivity contribution is 8.00. The Morgan fingerprint density at radius 3 is 2.21 bits per heavy atom. The minimum Gasteiger partial charge on any atom is -0.328 e. The summed E-state index contributed by atoms with van der Waals surface area (Å²) in [5, 5.41) is 0. The van der Waals surface area contributed by atoms with Crippen LogP contribution in [0.1, 0.15) is 38.8 Å². The van der Waals surface area contributed by atoms with Crippen LogP contribution in [0.5, 0.6) is 0 Å². The number of hydrogen-bond donors (Lipinski definition) is 1. The molecule has 0 amide bonds. The van der Waals surface area contributed by atoms with E-state index in [0.29, 0.717) is 12.0 Å². The first-order chi connectivity index (χ1) is 8.49. The van der Waals surface area contributed by atoms with Crippen molar-refractivity contribution in [2.75, 3.05) is 0 Å². The molecular weight excluding hydrogens is 271 g/mol. The van der Waals surface area contributed by atoms with Gasteiger partial charge in [-0.15, -0.1) is 11.8 Å². The predicted molar refractivity (Wildman–Crippen MR) is 74.4 cm³/mol. The van der Waals surface area contributed by atoms with Crippen molar-refractivity contribution in [3.05, 3.63) is 29.3 Å². The smallest absolute Gasteiger partial charge is 0.328 e. The molecule has 1 nitrogen and oxygen atoms in total. The van der Waals surface area contributed by atoms with E-state index in [4.69, 9.17) is 5.73 Å². The normalized spacial score (nSPS) is 14.5. The summed E-state index contributed by atoms with van der Waals surface area (Å²) < 4.78 is 39.0.